The predicted octanol–water partition coefficient (Wildman–Crippen LogP) is 3.63. The van der Waals surface area contributed by atoms with E-state index in [9.17, 15) is 10.1 Å². The number of pyridine rings is 1. The molecule has 10 heteroatoms. The number of benzene rings is 2. The second-order valence-corrected chi connectivity index (χ2v) is 9.04. The zero-order valence-corrected chi connectivity index (χ0v) is 22.2. The van der Waals surface area contributed by atoms with Crippen molar-refractivity contribution in [2.45, 2.75) is 20.0 Å². The van der Waals surface area contributed by atoms with Crippen LogP contribution in [-0.4, -0.2) is 76.1 Å². The van der Waals surface area contributed by atoms with Crippen molar-refractivity contribution >= 4 is 28.7 Å². The van der Waals surface area contributed by atoms with Crippen LogP contribution in [-0.2, 0) is 9.53 Å². The molecule has 2 aromatic carbocycles. The van der Waals surface area contributed by atoms with Gasteiger partial charge in [0.2, 0.25) is 6.41 Å². The first-order chi connectivity index (χ1) is 18.5. The molecule has 2 heterocycles. The van der Waals surface area contributed by atoms with Gasteiger partial charge in [0.15, 0.2) is 11.5 Å². The zero-order chi connectivity index (χ0) is 27.1. The maximum absolute atomic E-state index is 12.0. The van der Waals surface area contributed by atoms with E-state index in [4.69, 9.17) is 18.9 Å². The summed E-state index contributed by atoms with van der Waals surface area (Å²) in [6, 6.07) is 13.5. The minimum absolute atomic E-state index is 0.0772. The number of ether oxygens (including phenoxy) is 4. The van der Waals surface area contributed by atoms with Crippen LogP contribution in [0.2, 0.25) is 0 Å². The molecule has 1 saturated heterocycles. The summed E-state index contributed by atoms with van der Waals surface area (Å²) in [5, 5.41) is 14.3. The number of hydrogen-bond donors (Lipinski definition) is 0. The van der Waals surface area contributed by atoms with Crippen molar-refractivity contribution in [2.75, 3.05) is 63.5 Å². The summed E-state index contributed by atoms with van der Waals surface area (Å²) in [7, 11) is 3.20. The lowest BCUT2D eigenvalue weighted by Crippen LogP contribution is -2.54. The molecule has 0 spiro atoms. The van der Waals surface area contributed by atoms with Crippen LogP contribution < -0.4 is 24.1 Å². The van der Waals surface area contributed by atoms with E-state index in [-0.39, 0.29) is 6.10 Å². The highest BCUT2D eigenvalue weighted by atomic mass is 16.5. The van der Waals surface area contributed by atoms with E-state index >= 15 is 0 Å². The molecule has 10 nitrogen and oxygen atoms in total. The molecule has 0 radical (unpaired) electrons. The number of nitrogens with zero attached hydrogens (tertiary/aromatic N) is 5. The number of aromatic nitrogens is 1. The van der Waals surface area contributed by atoms with E-state index in [0.29, 0.717) is 62.0 Å². The molecular formula is C28H33N5O5. The molecule has 0 unspecified atom stereocenters. The summed E-state index contributed by atoms with van der Waals surface area (Å²) < 4.78 is 22.2. The van der Waals surface area contributed by atoms with Gasteiger partial charge in [-0.05, 0) is 44.2 Å². The van der Waals surface area contributed by atoms with Crippen LogP contribution in [0.5, 0.6) is 17.2 Å². The van der Waals surface area contributed by atoms with Gasteiger partial charge in [-0.2, -0.15) is 5.26 Å². The van der Waals surface area contributed by atoms with Gasteiger partial charge in [-0.15, -0.1) is 0 Å². The second kappa shape index (κ2) is 12.4. The quantitative estimate of drug-likeness (QED) is 0.278. The van der Waals surface area contributed by atoms with Crippen LogP contribution in [0.4, 0.5) is 11.4 Å². The Kier molecular flexibility index (Phi) is 8.84. The molecule has 1 aromatic heterocycles. The van der Waals surface area contributed by atoms with Crippen LogP contribution in [0.25, 0.3) is 10.9 Å². The van der Waals surface area contributed by atoms with Crippen LogP contribution in [0.1, 0.15) is 19.4 Å². The number of methoxy groups -OCH3 is 2. The maximum atomic E-state index is 12.0. The Morgan fingerprint density at radius 2 is 1.82 bits per heavy atom. The Morgan fingerprint density at radius 3 is 2.42 bits per heavy atom. The number of anilines is 2. The SMILES string of the molecule is COCCOc1cc2ncc(C#N)c(N3CCN(N(C=O)c4ccc(OC(C)C)cc4)CC3)c2cc1OC. The summed E-state index contributed by atoms with van der Waals surface area (Å²) in [5.74, 6) is 1.88. The number of nitriles is 1. The van der Waals surface area contributed by atoms with Crippen molar-refractivity contribution in [2.24, 2.45) is 0 Å². The van der Waals surface area contributed by atoms with E-state index < -0.39 is 0 Å². The van der Waals surface area contributed by atoms with Gasteiger partial charge < -0.3 is 23.8 Å². The van der Waals surface area contributed by atoms with E-state index in [1.54, 1.807) is 25.4 Å². The van der Waals surface area contributed by atoms with E-state index in [1.165, 1.54) is 0 Å². The first-order valence-electron chi connectivity index (χ1n) is 12.5. The van der Waals surface area contributed by atoms with Crippen molar-refractivity contribution in [3.63, 3.8) is 0 Å². The summed E-state index contributed by atoms with van der Waals surface area (Å²) >= 11 is 0. The molecule has 0 aliphatic carbocycles. The lowest BCUT2D eigenvalue weighted by Gasteiger charge is -2.40. The summed E-state index contributed by atoms with van der Waals surface area (Å²) in [4.78, 5) is 18.7. The Bertz CT molecular complexity index is 1280. The standard InChI is InChI=1S/C28H33N5O5/c1-20(2)38-23-7-5-22(6-8-23)33(19-34)32-11-9-31(10-12-32)28-21(17-29)18-30-25-16-27(37-14-13-35-3)26(36-4)15-24(25)28/h5-8,15-16,18-20H,9-14H2,1-4H3. The van der Waals surface area contributed by atoms with Gasteiger partial charge in [0, 0.05) is 50.9 Å². The fourth-order valence-corrected chi connectivity index (χ4v) is 4.49. The minimum Gasteiger partial charge on any atom is -0.493 e. The zero-order valence-electron chi connectivity index (χ0n) is 22.2. The Morgan fingerprint density at radius 1 is 1.08 bits per heavy atom. The van der Waals surface area contributed by atoms with Crippen LogP contribution in [0, 0.1) is 11.3 Å². The van der Waals surface area contributed by atoms with Crippen LogP contribution >= 0.6 is 0 Å². The van der Waals surface area contributed by atoms with Crippen LogP contribution in [0.15, 0.2) is 42.6 Å². The number of carbonyl (C=O) groups is 1. The molecular weight excluding hydrogens is 486 g/mol. The number of carbonyl (C=O) groups excluding carboxylic acids is 1. The third-order valence-corrected chi connectivity index (χ3v) is 6.24. The van der Waals surface area contributed by atoms with Crippen molar-refractivity contribution in [1.29, 1.82) is 5.26 Å². The van der Waals surface area contributed by atoms with Gasteiger partial charge in [0.25, 0.3) is 0 Å². The molecule has 1 fully saturated rings. The number of piperazine rings is 1. The average molecular weight is 520 g/mol. The normalized spacial score (nSPS) is 13.8. The molecule has 38 heavy (non-hydrogen) atoms. The number of fused-ring (bicyclic) bond motifs is 1. The summed E-state index contributed by atoms with van der Waals surface area (Å²) in [5.41, 5.74) is 2.75. The molecule has 0 bridgehead atoms. The first-order valence-corrected chi connectivity index (χ1v) is 12.5. The highest BCUT2D eigenvalue weighted by Gasteiger charge is 2.26. The van der Waals surface area contributed by atoms with Gasteiger partial charge in [-0.1, -0.05) is 0 Å². The molecule has 200 valence electrons. The van der Waals surface area contributed by atoms with E-state index in [1.807, 2.05) is 55.3 Å². The van der Waals surface area contributed by atoms with Crippen molar-refractivity contribution in [3.05, 3.63) is 48.2 Å². The molecule has 1 amide bonds. The van der Waals surface area contributed by atoms with E-state index in [0.717, 1.165) is 28.9 Å². The third-order valence-electron chi connectivity index (χ3n) is 6.24. The van der Waals surface area contributed by atoms with E-state index in [2.05, 4.69) is 16.0 Å². The highest BCUT2D eigenvalue weighted by Crippen LogP contribution is 2.38. The van der Waals surface area contributed by atoms with Gasteiger partial charge in [0.05, 0.1) is 42.3 Å². The predicted molar refractivity (Wildman–Crippen MR) is 145 cm³/mol. The summed E-state index contributed by atoms with van der Waals surface area (Å²) in [6.45, 7) is 7.18. The first kappa shape index (κ1) is 27.0. The average Bonchev–Trinajstić information content (AvgIpc) is 2.93. The largest absolute Gasteiger partial charge is 0.493 e. The van der Waals surface area contributed by atoms with Gasteiger partial charge >= 0.3 is 0 Å². The molecule has 3 aromatic rings. The Labute approximate surface area is 222 Å². The topological polar surface area (TPSA) is 100 Å². The number of hydrogen-bond acceptors (Lipinski definition) is 9. The van der Waals surface area contributed by atoms with Crippen molar-refractivity contribution in [3.8, 4) is 23.3 Å². The van der Waals surface area contributed by atoms with Crippen molar-refractivity contribution in [1.82, 2.24) is 9.99 Å². The fraction of sp³-hybridized carbons (Fsp3) is 0.393. The second-order valence-electron chi connectivity index (χ2n) is 9.04. The molecule has 4 rings (SSSR count). The lowest BCUT2D eigenvalue weighted by atomic mass is 10.1. The monoisotopic (exact) mass is 519 g/mol. The fourth-order valence-electron chi connectivity index (χ4n) is 4.49. The lowest BCUT2D eigenvalue weighted by molar-refractivity contribution is -0.110. The molecule has 0 N–H and O–H groups in total. The van der Waals surface area contributed by atoms with Crippen LogP contribution in [0.3, 0.4) is 0 Å². The van der Waals surface area contributed by atoms with Crippen molar-refractivity contribution < 1.29 is 23.7 Å². The van der Waals surface area contributed by atoms with Gasteiger partial charge in [0.1, 0.15) is 18.4 Å². The number of hydrazine groups is 1. The molecule has 0 atom stereocenters. The highest BCUT2D eigenvalue weighted by molar-refractivity contribution is 5.96. The van der Waals surface area contributed by atoms with Gasteiger partial charge in [-0.25, -0.2) is 10.0 Å². The molecule has 0 saturated carbocycles. The number of amides is 1. The smallest absolute Gasteiger partial charge is 0.228 e. The van der Waals surface area contributed by atoms with Gasteiger partial charge in [-0.3, -0.25) is 9.78 Å². The Hall–Kier alpha value is -4.07. The third kappa shape index (κ3) is 5.90. The maximum Gasteiger partial charge on any atom is 0.228 e. The summed E-state index contributed by atoms with van der Waals surface area (Å²) in [6.07, 6.45) is 2.49. The molecule has 1 aliphatic heterocycles. The molecule has 1 aliphatic rings. The Balaban J connectivity index is 1.56. The number of rotatable bonds is 11. The minimum atomic E-state index is 0.0772.